The van der Waals surface area contributed by atoms with Crippen molar-refractivity contribution in [3.05, 3.63) is 65.7 Å². The third kappa shape index (κ3) is 5.54. The maximum atomic E-state index is 12.8. The van der Waals surface area contributed by atoms with Crippen LogP contribution in [0, 0.1) is 11.5 Å². The predicted octanol–water partition coefficient (Wildman–Crippen LogP) is 2.95. The topological polar surface area (TPSA) is 98.5 Å². The Morgan fingerprint density at radius 1 is 1.19 bits per heavy atom. The number of carbonyl (C=O) groups is 1. The van der Waals surface area contributed by atoms with E-state index in [-0.39, 0.29) is 17.4 Å². The van der Waals surface area contributed by atoms with Gasteiger partial charge in [0, 0.05) is 30.6 Å². The molecular formula is C24H29N5O2. The zero-order valence-corrected chi connectivity index (χ0v) is 18.0. The van der Waals surface area contributed by atoms with Crippen molar-refractivity contribution in [2.45, 2.75) is 37.1 Å². The number of ether oxygens (including phenoxy) is 1. The van der Waals surface area contributed by atoms with Gasteiger partial charge >= 0.3 is 0 Å². The van der Waals surface area contributed by atoms with Crippen molar-refractivity contribution >= 4 is 11.9 Å². The lowest BCUT2D eigenvalue weighted by molar-refractivity contribution is 0.0934. The van der Waals surface area contributed by atoms with Gasteiger partial charge < -0.3 is 20.7 Å². The number of nitrogens with one attached hydrogen (secondary N) is 3. The number of carbonyl (C=O) groups excluding carboxylic acids is 1. The summed E-state index contributed by atoms with van der Waals surface area (Å²) in [7, 11) is 3.34. The molecule has 0 bridgehead atoms. The first-order valence-electron chi connectivity index (χ1n) is 10.5. The molecular weight excluding hydrogens is 390 g/mol. The fraction of sp³-hybridized carbons (Fsp3) is 0.375. The standard InChI is InChI=1S/C24H29N5O2/c1-26-23(28-17-25)29-20-11-13-24(14-12-20,19-8-4-3-5-9-19)16-27-22(30)18-7-6-10-21(15-18)31-2/h3-10,15,20H,11-14,16H2,1-2H3,(H,27,30)(H2,26,28,29)/t20-,24-. The SMILES string of the molecule is CN/C(=N\C#N)N[C@H]1CC[C@](CNC(=O)c2cccc(OC)c2)(c2ccccc2)CC1. The van der Waals surface area contributed by atoms with Crippen LogP contribution in [-0.4, -0.2) is 38.6 Å². The second kappa shape index (κ2) is 10.5. The highest BCUT2D eigenvalue weighted by atomic mass is 16.5. The van der Waals surface area contributed by atoms with Gasteiger partial charge in [-0.3, -0.25) is 4.79 Å². The first-order chi connectivity index (χ1) is 15.1. The fourth-order valence-corrected chi connectivity index (χ4v) is 4.19. The average Bonchev–Trinajstić information content (AvgIpc) is 2.83. The number of nitriles is 1. The van der Waals surface area contributed by atoms with E-state index in [4.69, 9.17) is 10.00 Å². The van der Waals surface area contributed by atoms with Gasteiger partial charge in [0.05, 0.1) is 7.11 Å². The first kappa shape index (κ1) is 22.2. The summed E-state index contributed by atoms with van der Waals surface area (Å²) in [5.41, 5.74) is 1.68. The molecule has 31 heavy (non-hydrogen) atoms. The Bertz CT molecular complexity index is 944. The van der Waals surface area contributed by atoms with Crippen molar-refractivity contribution in [2.24, 2.45) is 4.99 Å². The summed E-state index contributed by atoms with van der Waals surface area (Å²) in [5, 5.41) is 18.2. The normalized spacial score (nSPS) is 20.9. The Morgan fingerprint density at radius 3 is 2.58 bits per heavy atom. The summed E-state index contributed by atoms with van der Waals surface area (Å²) in [4.78, 5) is 16.6. The van der Waals surface area contributed by atoms with E-state index >= 15 is 0 Å². The van der Waals surface area contributed by atoms with Crippen molar-refractivity contribution in [1.82, 2.24) is 16.0 Å². The van der Waals surface area contributed by atoms with E-state index in [2.05, 4.69) is 33.1 Å². The van der Waals surface area contributed by atoms with Crippen molar-refractivity contribution in [2.75, 3.05) is 20.7 Å². The van der Waals surface area contributed by atoms with Gasteiger partial charge in [-0.25, -0.2) is 0 Å². The summed E-state index contributed by atoms with van der Waals surface area (Å²) in [6, 6.07) is 17.8. The van der Waals surface area contributed by atoms with E-state index in [1.165, 1.54) is 5.56 Å². The second-order valence-electron chi connectivity index (χ2n) is 7.79. The lowest BCUT2D eigenvalue weighted by Crippen LogP contribution is -2.49. The predicted molar refractivity (Wildman–Crippen MR) is 121 cm³/mol. The van der Waals surface area contributed by atoms with Crippen molar-refractivity contribution in [3.63, 3.8) is 0 Å². The Kier molecular flexibility index (Phi) is 7.50. The Balaban J connectivity index is 1.72. The van der Waals surface area contributed by atoms with Crippen LogP contribution in [0.15, 0.2) is 59.6 Å². The Morgan fingerprint density at radius 2 is 1.94 bits per heavy atom. The Labute approximate surface area is 183 Å². The molecule has 1 aliphatic rings. The minimum Gasteiger partial charge on any atom is -0.497 e. The van der Waals surface area contributed by atoms with Gasteiger partial charge in [-0.1, -0.05) is 36.4 Å². The lowest BCUT2D eigenvalue weighted by atomic mass is 9.68. The van der Waals surface area contributed by atoms with Gasteiger partial charge in [0.25, 0.3) is 5.91 Å². The molecule has 2 aromatic carbocycles. The maximum Gasteiger partial charge on any atom is 0.251 e. The number of benzene rings is 2. The minimum atomic E-state index is -0.139. The quantitative estimate of drug-likeness (QED) is 0.380. The van der Waals surface area contributed by atoms with Crippen LogP contribution in [0.2, 0.25) is 0 Å². The third-order valence-corrected chi connectivity index (χ3v) is 5.99. The molecule has 162 valence electrons. The molecule has 1 saturated carbocycles. The maximum absolute atomic E-state index is 12.8. The number of guanidine groups is 1. The summed E-state index contributed by atoms with van der Waals surface area (Å²) in [5.74, 6) is 1.05. The first-order valence-corrected chi connectivity index (χ1v) is 10.5. The molecule has 1 fully saturated rings. The molecule has 0 heterocycles. The van der Waals surface area contributed by atoms with Gasteiger partial charge in [-0.05, 0) is 49.4 Å². The molecule has 0 atom stereocenters. The number of hydrogen-bond donors (Lipinski definition) is 3. The molecule has 1 amide bonds. The van der Waals surface area contributed by atoms with Crippen molar-refractivity contribution in [1.29, 1.82) is 5.26 Å². The lowest BCUT2D eigenvalue weighted by Gasteiger charge is -2.41. The molecule has 0 radical (unpaired) electrons. The number of rotatable bonds is 6. The van der Waals surface area contributed by atoms with Crippen molar-refractivity contribution in [3.8, 4) is 11.9 Å². The van der Waals surface area contributed by atoms with Crippen LogP contribution < -0.4 is 20.7 Å². The van der Waals surface area contributed by atoms with Gasteiger partial charge in [0.1, 0.15) is 5.75 Å². The molecule has 0 aliphatic heterocycles. The van der Waals surface area contributed by atoms with E-state index < -0.39 is 0 Å². The number of aliphatic imine (C=N–C) groups is 1. The fourth-order valence-electron chi connectivity index (χ4n) is 4.19. The second-order valence-corrected chi connectivity index (χ2v) is 7.79. The van der Waals surface area contributed by atoms with Gasteiger partial charge in [-0.2, -0.15) is 5.26 Å². The van der Waals surface area contributed by atoms with E-state index in [1.54, 1.807) is 26.3 Å². The van der Waals surface area contributed by atoms with E-state index in [0.717, 1.165) is 25.7 Å². The van der Waals surface area contributed by atoms with Crippen LogP contribution in [0.5, 0.6) is 5.75 Å². The smallest absolute Gasteiger partial charge is 0.251 e. The molecule has 3 N–H and O–H groups in total. The van der Waals surface area contributed by atoms with Crippen LogP contribution in [0.4, 0.5) is 0 Å². The highest BCUT2D eigenvalue weighted by molar-refractivity contribution is 5.94. The van der Waals surface area contributed by atoms with E-state index in [1.807, 2.05) is 36.5 Å². The average molecular weight is 420 g/mol. The van der Waals surface area contributed by atoms with Crippen LogP contribution in [-0.2, 0) is 5.41 Å². The van der Waals surface area contributed by atoms with Crippen LogP contribution >= 0.6 is 0 Å². The number of nitrogens with zero attached hydrogens (tertiary/aromatic N) is 2. The highest BCUT2D eigenvalue weighted by Crippen LogP contribution is 2.39. The third-order valence-electron chi connectivity index (χ3n) is 5.99. The molecule has 7 nitrogen and oxygen atoms in total. The van der Waals surface area contributed by atoms with Crippen molar-refractivity contribution < 1.29 is 9.53 Å². The minimum absolute atomic E-state index is 0.104. The van der Waals surface area contributed by atoms with Gasteiger partial charge in [-0.15, -0.1) is 4.99 Å². The van der Waals surface area contributed by atoms with Crippen LogP contribution in [0.3, 0.4) is 0 Å². The largest absolute Gasteiger partial charge is 0.497 e. The molecule has 0 aromatic heterocycles. The number of amides is 1. The summed E-state index contributed by atoms with van der Waals surface area (Å²) >= 11 is 0. The Hall–Kier alpha value is -3.53. The number of methoxy groups -OCH3 is 1. The molecule has 0 unspecified atom stereocenters. The zero-order valence-electron chi connectivity index (χ0n) is 18.0. The summed E-state index contributed by atoms with van der Waals surface area (Å²) < 4.78 is 5.24. The molecule has 2 aromatic rings. The summed E-state index contributed by atoms with van der Waals surface area (Å²) in [6.07, 6.45) is 5.47. The molecule has 3 rings (SSSR count). The van der Waals surface area contributed by atoms with Gasteiger partial charge in [0.15, 0.2) is 0 Å². The molecule has 1 aliphatic carbocycles. The zero-order chi connectivity index (χ0) is 22.1. The molecule has 0 saturated heterocycles. The molecule has 0 spiro atoms. The van der Waals surface area contributed by atoms with Crippen LogP contribution in [0.25, 0.3) is 0 Å². The van der Waals surface area contributed by atoms with Gasteiger partial charge in [0.2, 0.25) is 12.2 Å². The van der Waals surface area contributed by atoms with E-state index in [9.17, 15) is 4.79 Å². The van der Waals surface area contributed by atoms with Crippen LogP contribution in [0.1, 0.15) is 41.6 Å². The highest BCUT2D eigenvalue weighted by Gasteiger charge is 2.37. The molecule has 7 heteroatoms. The monoisotopic (exact) mass is 419 g/mol. The van der Waals surface area contributed by atoms with E-state index in [0.29, 0.717) is 23.8 Å². The summed E-state index contributed by atoms with van der Waals surface area (Å²) in [6.45, 7) is 0.560. The number of hydrogen-bond acceptors (Lipinski definition) is 4.